The van der Waals surface area contributed by atoms with Gasteiger partial charge >= 0.3 is 0 Å². The summed E-state index contributed by atoms with van der Waals surface area (Å²) in [5, 5.41) is 6.81. The molecule has 0 fully saturated rings. The van der Waals surface area contributed by atoms with Gasteiger partial charge in [0, 0.05) is 12.3 Å². The Labute approximate surface area is 114 Å². The van der Waals surface area contributed by atoms with Crippen LogP contribution in [0.3, 0.4) is 0 Å². The monoisotopic (exact) mass is 275 g/mol. The van der Waals surface area contributed by atoms with E-state index in [1.807, 2.05) is 33.1 Å². The quantitative estimate of drug-likeness (QED) is 0.713. The number of hydrogen-bond donors (Lipinski definition) is 0. The second kappa shape index (κ2) is 4.31. The van der Waals surface area contributed by atoms with Gasteiger partial charge in [0.1, 0.15) is 16.5 Å². The third kappa shape index (κ3) is 1.98. The van der Waals surface area contributed by atoms with E-state index < -0.39 is 0 Å². The van der Waals surface area contributed by atoms with Crippen LogP contribution >= 0.6 is 11.3 Å². The lowest BCUT2D eigenvalue weighted by molar-refractivity contribution is 0.393. The zero-order chi connectivity index (χ0) is 13.6. The lowest BCUT2D eigenvalue weighted by Crippen LogP contribution is -1.82. The van der Waals surface area contributed by atoms with Crippen LogP contribution in [0.2, 0.25) is 0 Å². The van der Waals surface area contributed by atoms with Crippen molar-refractivity contribution in [3.8, 4) is 22.0 Å². The van der Waals surface area contributed by atoms with Gasteiger partial charge in [0.05, 0.1) is 17.0 Å². The zero-order valence-electron chi connectivity index (χ0n) is 11.1. The number of thiazole rings is 1. The largest absolute Gasteiger partial charge is 0.439 e. The van der Waals surface area contributed by atoms with Crippen molar-refractivity contribution in [3.05, 3.63) is 28.4 Å². The fourth-order valence-electron chi connectivity index (χ4n) is 2.05. The van der Waals surface area contributed by atoms with E-state index in [2.05, 4.69) is 15.1 Å². The molecule has 3 aromatic heterocycles. The molecule has 98 valence electrons. The number of aromatic nitrogens is 3. The molecule has 19 heavy (non-hydrogen) atoms. The molecule has 0 unspecified atom stereocenters. The highest BCUT2D eigenvalue weighted by Crippen LogP contribution is 2.33. The number of rotatable bonds is 2. The molecule has 0 saturated heterocycles. The molecule has 0 spiro atoms. The normalized spacial score (nSPS) is 11.2. The summed E-state index contributed by atoms with van der Waals surface area (Å²) in [5.41, 5.74) is 3.47. The van der Waals surface area contributed by atoms with Crippen molar-refractivity contribution in [2.75, 3.05) is 0 Å². The average Bonchev–Trinajstić information content (AvgIpc) is 3.00. The minimum absolute atomic E-state index is 0.652. The topological polar surface area (TPSA) is 65.0 Å². The molecule has 5 nitrogen and oxygen atoms in total. The van der Waals surface area contributed by atoms with E-state index in [4.69, 9.17) is 8.94 Å². The van der Waals surface area contributed by atoms with Gasteiger partial charge in [-0.25, -0.2) is 9.97 Å². The van der Waals surface area contributed by atoms with Gasteiger partial charge in [0.15, 0.2) is 11.7 Å². The van der Waals surface area contributed by atoms with Crippen LogP contribution in [0.15, 0.2) is 14.3 Å². The molecular formula is C13H13N3O2S. The fraction of sp³-hybridized carbons (Fsp3) is 0.308. The third-order valence-corrected chi connectivity index (χ3v) is 3.75. The first-order valence-corrected chi connectivity index (χ1v) is 6.77. The van der Waals surface area contributed by atoms with E-state index in [1.54, 1.807) is 11.3 Å². The number of nitrogens with zero attached hydrogens (tertiary/aromatic N) is 3. The van der Waals surface area contributed by atoms with Crippen LogP contribution in [0.4, 0.5) is 0 Å². The first-order valence-electron chi connectivity index (χ1n) is 5.89. The van der Waals surface area contributed by atoms with Crippen molar-refractivity contribution >= 4 is 11.3 Å². The second-order valence-electron chi connectivity index (χ2n) is 4.38. The van der Waals surface area contributed by atoms with E-state index in [9.17, 15) is 0 Å². The predicted molar refractivity (Wildman–Crippen MR) is 72.1 cm³/mol. The molecule has 0 aliphatic rings. The molecule has 3 heterocycles. The van der Waals surface area contributed by atoms with Crippen LogP contribution in [0.5, 0.6) is 0 Å². The summed E-state index contributed by atoms with van der Waals surface area (Å²) in [5.74, 6) is 2.16. The Morgan fingerprint density at radius 1 is 1.05 bits per heavy atom. The Morgan fingerprint density at radius 3 is 2.42 bits per heavy atom. The third-order valence-electron chi connectivity index (χ3n) is 2.89. The highest BCUT2D eigenvalue weighted by molar-refractivity contribution is 7.13. The van der Waals surface area contributed by atoms with Crippen molar-refractivity contribution in [3.63, 3.8) is 0 Å². The molecule has 6 heteroatoms. The highest BCUT2D eigenvalue weighted by Gasteiger charge is 2.18. The molecule has 0 aromatic carbocycles. The molecule has 0 saturated carbocycles. The summed E-state index contributed by atoms with van der Waals surface area (Å²) >= 11 is 1.55. The lowest BCUT2D eigenvalue weighted by Gasteiger charge is -1.93. The molecule has 3 rings (SSSR count). The maximum Gasteiger partial charge on any atom is 0.192 e. The Bertz CT molecular complexity index is 719. The van der Waals surface area contributed by atoms with Crippen LogP contribution in [-0.2, 0) is 0 Å². The highest BCUT2D eigenvalue weighted by atomic mass is 32.1. The Kier molecular flexibility index (Phi) is 2.74. The number of aryl methyl sites for hydroxylation is 4. The second-order valence-corrected chi connectivity index (χ2v) is 5.24. The van der Waals surface area contributed by atoms with Gasteiger partial charge in [-0.05, 0) is 20.8 Å². The maximum atomic E-state index is 5.59. The molecule has 0 bridgehead atoms. The molecule has 0 aliphatic heterocycles. The van der Waals surface area contributed by atoms with Crippen LogP contribution < -0.4 is 0 Å². The van der Waals surface area contributed by atoms with E-state index >= 15 is 0 Å². The van der Waals surface area contributed by atoms with Gasteiger partial charge in [0.25, 0.3) is 0 Å². The Hall–Kier alpha value is -1.95. The first-order chi connectivity index (χ1) is 9.06. The molecule has 3 aromatic rings. The van der Waals surface area contributed by atoms with Crippen LogP contribution in [0.1, 0.15) is 23.0 Å². The minimum atomic E-state index is 0.652. The molecule has 0 aliphatic carbocycles. The summed E-state index contributed by atoms with van der Waals surface area (Å²) in [6.07, 6.45) is 0. The van der Waals surface area contributed by atoms with Gasteiger partial charge in [-0.3, -0.25) is 0 Å². The smallest absolute Gasteiger partial charge is 0.192 e. The van der Waals surface area contributed by atoms with Crippen molar-refractivity contribution in [1.29, 1.82) is 0 Å². The van der Waals surface area contributed by atoms with Crippen molar-refractivity contribution in [2.45, 2.75) is 27.7 Å². The summed E-state index contributed by atoms with van der Waals surface area (Å²) in [4.78, 5) is 8.87. The summed E-state index contributed by atoms with van der Waals surface area (Å²) in [7, 11) is 0. The van der Waals surface area contributed by atoms with Crippen LogP contribution in [-0.4, -0.2) is 15.1 Å². The average molecular weight is 275 g/mol. The van der Waals surface area contributed by atoms with Gasteiger partial charge < -0.3 is 8.94 Å². The van der Waals surface area contributed by atoms with Crippen LogP contribution in [0, 0.1) is 27.7 Å². The van der Waals surface area contributed by atoms with E-state index in [0.29, 0.717) is 5.89 Å². The number of oxazole rings is 1. The zero-order valence-corrected chi connectivity index (χ0v) is 12.0. The SMILES string of the molecule is Cc1nc(C)c(-c2csc(-c3c(C)noc3C)n2)o1. The molecule has 0 atom stereocenters. The maximum absolute atomic E-state index is 5.59. The standard InChI is InChI=1S/C13H13N3O2S/c1-6-11(8(3)18-16-6)13-15-10(5-19-13)12-7(2)14-9(4)17-12/h5H,1-4H3. The summed E-state index contributed by atoms with van der Waals surface area (Å²) in [6.45, 7) is 7.55. The van der Waals surface area contributed by atoms with Gasteiger partial charge in [-0.2, -0.15) is 0 Å². The van der Waals surface area contributed by atoms with Gasteiger partial charge in [-0.15, -0.1) is 11.3 Å². The first kappa shape index (κ1) is 12.1. The summed E-state index contributed by atoms with van der Waals surface area (Å²) in [6, 6.07) is 0. The molecule has 0 N–H and O–H groups in total. The predicted octanol–water partition coefficient (Wildman–Crippen LogP) is 3.69. The van der Waals surface area contributed by atoms with Gasteiger partial charge in [0.2, 0.25) is 0 Å². The van der Waals surface area contributed by atoms with E-state index in [0.717, 1.165) is 39.2 Å². The van der Waals surface area contributed by atoms with Crippen LogP contribution in [0.25, 0.3) is 22.0 Å². The van der Waals surface area contributed by atoms with E-state index in [1.165, 1.54) is 0 Å². The number of hydrogen-bond acceptors (Lipinski definition) is 6. The van der Waals surface area contributed by atoms with Crippen molar-refractivity contribution in [1.82, 2.24) is 15.1 Å². The molecule has 0 amide bonds. The van der Waals surface area contributed by atoms with Gasteiger partial charge in [-0.1, -0.05) is 5.16 Å². The lowest BCUT2D eigenvalue weighted by atomic mass is 10.2. The van der Waals surface area contributed by atoms with Crippen molar-refractivity contribution < 1.29 is 8.94 Å². The van der Waals surface area contributed by atoms with Crippen molar-refractivity contribution in [2.24, 2.45) is 0 Å². The summed E-state index contributed by atoms with van der Waals surface area (Å²) < 4.78 is 10.8. The van der Waals surface area contributed by atoms with E-state index in [-0.39, 0.29) is 0 Å². The minimum Gasteiger partial charge on any atom is -0.439 e. The Balaban J connectivity index is 2.07. The molecular weight excluding hydrogens is 262 g/mol. The fourth-order valence-corrected chi connectivity index (χ4v) is 2.99. The molecule has 0 radical (unpaired) electrons. The Morgan fingerprint density at radius 2 is 1.84 bits per heavy atom.